The number of ketones is 1. The molecule has 1 saturated carbocycles. The van der Waals surface area contributed by atoms with Crippen LogP contribution in [0.15, 0.2) is 36.5 Å². The molecule has 2 unspecified atom stereocenters. The highest BCUT2D eigenvalue weighted by molar-refractivity contribution is 6.02. The van der Waals surface area contributed by atoms with E-state index >= 15 is 0 Å². The summed E-state index contributed by atoms with van der Waals surface area (Å²) in [5, 5.41) is 6.56. The SMILES string of the molecule is NC(=O)c1ccc(C(=O)NC2CC3CCC(C2)N3c2ccc(C(=O)CCN3CCCC3)cn2)cc1NCC1CC1. The Balaban J connectivity index is 1.05. The Morgan fingerprint density at radius 3 is 2.33 bits per heavy atom. The minimum absolute atomic E-state index is 0.0754. The number of amides is 2. The molecule has 2 atom stereocenters. The molecule has 6 rings (SSSR count). The van der Waals surface area contributed by atoms with E-state index in [1.165, 1.54) is 25.7 Å². The van der Waals surface area contributed by atoms with Crippen LogP contribution in [0.5, 0.6) is 0 Å². The number of nitrogens with zero attached hydrogens (tertiary/aromatic N) is 3. The van der Waals surface area contributed by atoms with Gasteiger partial charge in [-0.25, -0.2) is 4.98 Å². The number of fused-ring (bicyclic) bond motifs is 2. The number of likely N-dealkylation sites (tertiary alicyclic amines) is 1. The summed E-state index contributed by atoms with van der Waals surface area (Å²) in [6, 6.07) is 9.68. The summed E-state index contributed by atoms with van der Waals surface area (Å²) in [6.45, 7) is 3.82. The van der Waals surface area contributed by atoms with E-state index in [1.54, 1.807) is 24.4 Å². The van der Waals surface area contributed by atoms with Crippen molar-refractivity contribution >= 4 is 29.1 Å². The molecule has 4 N–H and O–H groups in total. The number of anilines is 2. The third-order valence-electron chi connectivity index (χ3n) is 9.08. The summed E-state index contributed by atoms with van der Waals surface area (Å²) in [6.07, 6.45) is 11.0. The number of hydrogen-bond donors (Lipinski definition) is 3. The predicted molar refractivity (Wildman–Crippen MR) is 155 cm³/mol. The number of piperidine rings is 1. The first-order valence-electron chi connectivity index (χ1n) is 14.9. The number of pyridine rings is 1. The zero-order chi connectivity index (χ0) is 27.6. The van der Waals surface area contributed by atoms with Gasteiger partial charge in [-0.2, -0.15) is 0 Å². The normalized spacial score (nSPS) is 24.2. The predicted octanol–water partition coefficient (Wildman–Crippen LogP) is 3.60. The molecule has 4 aliphatic rings. The van der Waals surface area contributed by atoms with E-state index in [2.05, 4.69) is 20.4 Å². The summed E-state index contributed by atoms with van der Waals surface area (Å²) < 4.78 is 0. The topological polar surface area (TPSA) is 121 Å². The molecular weight excluding hydrogens is 504 g/mol. The third kappa shape index (κ3) is 5.99. The number of nitrogens with one attached hydrogen (secondary N) is 2. The molecule has 0 radical (unpaired) electrons. The molecule has 212 valence electrons. The van der Waals surface area contributed by atoms with E-state index in [0.29, 0.717) is 46.8 Å². The van der Waals surface area contributed by atoms with Crippen molar-refractivity contribution in [3.05, 3.63) is 53.2 Å². The zero-order valence-electron chi connectivity index (χ0n) is 23.1. The van der Waals surface area contributed by atoms with Crippen LogP contribution < -0.4 is 21.3 Å². The molecule has 4 heterocycles. The lowest BCUT2D eigenvalue weighted by atomic mass is 9.96. The van der Waals surface area contributed by atoms with Gasteiger partial charge in [-0.3, -0.25) is 14.4 Å². The van der Waals surface area contributed by atoms with Crippen LogP contribution in [0.3, 0.4) is 0 Å². The molecule has 1 aromatic heterocycles. The maximum absolute atomic E-state index is 13.2. The van der Waals surface area contributed by atoms with Crippen LogP contribution in [-0.4, -0.2) is 71.8 Å². The molecule has 9 heteroatoms. The monoisotopic (exact) mass is 544 g/mol. The van der Waals surface area contributed by atoms with Crippen molar-refractivity contribution in [2.45, 2.75) is 75.9 Å². The number of Topliss-reactive ketones (excluding diaryl/α,β-unsaturated/α-hetero) is 1. The van der Waals surface area contributed by atoms with Crippen LogP contribution in [-0.2, 0) is 0 Å². The summed E-state index contributed by atoms with van der Waals surface area (Å²) in [5.74, 6) is 1.08. The Bertz CT molecular complexity index is 1240. The lowest BCUT2D eigenvalue weighted by Gasteiger charge is -2.40. The molecule has 0 spiro atoms. The van der Waals surface area contributed by atoms with Crippen molar-refractivity contribution in [3.8, 4) is 0 Å². The van der Waals surface area contributed by atoms with Gasteiger partial charge in [0.1, 0.15) is 5.82 Å². The lowest BCUT2D eigenvalue weighted by molar-refractivity contribution is 0.0924. The van der Waals surface area contributed by atoms with Gasteiger partial charge in [0.15, 0.2) is 5.78 Å². The summed E-state index contributed by atoms with van der Waals surface area (Å²) in [4.78, 5) is 47.2. The van der Waals surface area contributed by atoms with E-state index in [9.17, 15) is 14.4 Å². The Morgan fingerprint density at radius 2 is 1.68 bits per heavy atom. The fourth-order valence-electron chi connectivity index (χ4n) is 6.67. The van der Waals surface area contributed by atoms with Crippen molar-refractivity contribution in [2.75, 3.05) is 36.4 Å². The number of primary amides is 1. The average molecular weight is 545 g/mol. The number of carbonyl (C=O) groups excluding carboxylic acids is 3. The standard InChI is InChI=1S/C31H40N6O3/c32-30(39)26-9-5-21(15-27(26)33-18-20-3-4-20)31(40)35-23-16-24-7-8-25(17-23)37(24)29-10-6-22(19-34-29)28(38)11-14-36-12-1-2-13-36/h5-6,9-10,15,19-20,23-25,33H,1-4,7-8,11-14,16-18H2,(H2,32,39)(H,35,40). The van der Waals surface area contributed by atoms with Gasteiger partial charge in [-0.1, -0.05) is 0 Å². The minimum Gasteiger partial charge on any atom is -0.384 e. The minimum atomic E-state index is -0.498. The maximum atomic E-state index is 13.2. The number of nitrogens with two attached hydrogens (primary N) is 1. The van der Waals surface area contributed by atoms with Crippen molar-refractivity contribution in [1.82, 2.24) is 15.2 Å². The number of aromatic nitrogens is 1. The van der Waals surface area contributed by atoms with Gasteiger partial charge in [0.2, 0.25) is 0 Å². The first-order valence-corrected chi connectivity index (χ1v) is 14.9. The van der Waals surface area contributed by atoms with Crippen LogP contribution in [0, 0.1) is 5.92 Å². The van der Waals surface area contributed by atoms with Gasteiger partial charge in [0, 0.05) is 60.6 Å². The summed E-state index contributed by atoms with van der Waals surface area (Å²) >= 11 is 0. The summed E-state index contributed by atoms with van der Waals surface area (Å²) in [7, 11) is 0. The molecule has 2 aromatic rings. The lowest BCUT2D eigenvalue weighted by Crippen LogP contribution is -2.50. The second kappa shape index (κ2) is 11.6. The highest BCUT2D eigenvalue weighted by atomic mass is 16.2. The fraction of sp³-hybridized carbons (Fsp3) is 0.548. The van der Waals surface area contributed by atoms with E-state index in [1.807, 2.05) is 12.1 Å². The van der Waals surface area contributed by atoms with Crippen molar-refractivity contribution in [1.29, 1.82) is 0 Å². The van der Waals surface area contributed by atoms with E-state index < -0.39 is 5.91 Å². The third-order valence-corrected chi connectivity index (χ3v) is 9.08. The maximum Gasteiger partial charge on any atom is 0.251 e. The van der Waals surface area contributed by atoms with Gasteiger partial charge in [-0.15, -0.1) is 0 Å². The molecule has 40 heavy (non-hydrogen) atoms. The molecule has 1 aliphatic carbocycles. The molecule has 2 bridgehead atoms. The van der Waals surface area contributed by atoms with Crippen LogP contribution in [0.1, 0.15) is 88.9 Å². The Labute approximate surface area is 235 Å². The van der Waals surface area contributed by atoms with Gasteiger partial charge >= 0.3 is 0 Å². The summed E-state index contributed by atoms with van der Waals surface area (Å²) in [5.41, 5.74) is 7.82. The van der Waals surface area contributed by atoms with Gasteiger partial charge in [0.25, 0.3) is 11.8 Å². The quantitative estimate of drug-likeness (QED) is 0.370. The molecular formula is C31H40N6O3. The molecule has 3 aliphatic heterocycles. The Hall–Kier alpha value is -3.46. The number of rotatable bonds is 11. The molecule has 1 aromatic carbocycles. The van der Waals surface area contributed by atoms with Crippen LogP contribution in [0.4, 0.5) is 11.5 Å². The highest BCUT2D eigenvalue weighted by Gasteiger charge is 2.42. The van der Waals surface area contributed by atoms with E-state index in [-0.39, 0.29) is 17.7 Å². The second-order valence-corrected chi connectivity index (χ2v) is 12.0. The Kier molecular flexibility index (Phi) is 7.74. The first kappa shape index (κ1) is 26.7. The fourth-order valence-corrected chi connectivity index (χ4v) is 6.67. The van der Waals surface area contributed by atoms with Gasteiger partial charge in [0.05, 0.1) is 5.56 Å². The smallest absolute Gasteiger partial charge is 0.251 e. The van der Waals surface area contributed by atoms with Crippen LogP contribution in [0.2, 0.25) is 0 Å². The zero-order valence-corrected chi connectivity index (χ0v) is 23.1. The van der Waals surface area contributed by atoms with Crippen molar-refractivity contribution < 1.29 is 14.4 Å². The number of hydrogen-bond acceptors (Lipinski definition) is 7. The van der Waals surface area contributed by atoms with Gasteiger partial charge in [-0.05, 0) is 101 Å². The largest absolute Gasteiger partial charge is 0.384 e. The first-order chi connectivity index (χ1) is 19.4. The molecule has 2 amide bonds. The molecule has 9 nitrogen and oxygen atoms in total. The van der Waals surface area contributed by atoms with E-state index in [0.717, 1.165) is 57.7 Å². The average Bonchev–Trinajstić information content (AvgIpc) is 3.56. The number of carbonyl (C=O) groups is 3. The van der Waals surface area contributed by atoms with Crippen molar-refractivity contribution in [2.24, 2.45) is 11.7 Å². The number of benzene rings is 1. The molecule has 3 saturated heterocycles. The Morgan fingerprint density at radius 1 is 0.950 bits per heavy atom. The molecule has 4 fully saturated rings. The van der Waals surface area contributed by atoms with Gasteiger partial charge < -0.3 is 26.2 Å². The van der Waals surface area contributed by atoms with Crippen LogP contribution in [0.25, 0.3) is 0 Å². The second-order valence-electron chi connectivity index (χ2n) is 12.0. The highest BCUT2D eigenvalue weighted by Crippen LogP contribution is 2.39. The van der Waals surface area contributed by atoms with Crippen LogP contribution >= 0.6 is 0 Å². The van der Waals surface area contributed by atoms with Crippen molar-refractivity contribution in [3.63, 3.8) is 0 Å². The van der Waals surface area contributed by atoms with E-state index in [4.69, 9.17) is 10.7 Å².